The number of nitrogens with two attached hydrogens (primary N) is 1. The summed E-state index contributed by atoms with van der Waals surface area (Å²) in [6, 6.07) is 6.44. The second kappa shape index (κ2) is 4.78. The standard InChI is InChI=1S/C14H20N2O2/c1-16-6-2-3-12(15)11(8-16)10-4-5-13-14(7-10)18-9-17-13/h4-5,7,11-12H,2-3,6,8-9,15H2,1H3. The molecular formula is C14H20N2O2. The SMILES string of the molecule is CN1CCCC(N)C(c2ccc3c(c2)OCO3)C1. The van der Waals surface area contributed by atoms with E-state index < -0.39 is 0 Å². The van der Waals surface area contributed by atoms with Crippen molar-refractivity contribution in [2.24, 2.45) is 5.73 Å². The maximum Gasteiger partial charge on any atom is 0.231 e. The predicted molar refractivity (Wildman–Crippen MR) is 70.0 cm³/mol. The summed E-state index contributed by atoms with van der Waals surface area (Å²) in [4.78, 5) is 2.36. The van der Waals surface area contributed by atoms with Gasteiger partial charge >= 0.3 is 0 Å². The Labute approximate surface area is 108 Å². The molecule has 2 N–H and O–H groups in total. The minimum Gasteiger partial charge on any atom is -0.454 e. The van der Waals surface area contributed by atoms with Crippen molar-refractivity contribution < 1.29 is 9.47 Å². The van der Waals surface area contributed by atoms with Crippen LogP contribution in [-0.4, -0.2) is 37.9 Å². The molecule has 0 spiro atoms. The zero-order chi connectivity index (χ0) is 12.5. The first-order valence-electron chi connectivity index (χ1n) is 6.58. The number of likely N-dealkylation sites (tertiary alicyclic amines) is 1. The second-order valence-corrected chi connectivity index (χ2v) is 5.29. The minimum atomic E-state index is 0.232. The maximum absolute atomic E-state index is 6.32. The van der Waals surface area contributed by atoms with Crippen molar-refractivity contribution in [2.75, 3.05) is 26.9 Å². The summed E-state index contributed by atoms with van der Waals surface area (Å²) in [6.45, 7) is 2.48. The smallest absolute Gasteiger partial charge is 0.231 e. The molecule has 0 saturated carbocycles. The van der Waals surface area contributed by atoms with Gasteiger partial charge in [0.2, 0.25) is 6.79 Å². The van der Waals surface area contributed by atoms with Gasteiger partial charge in [0.15, 0.2) is 11.5 Å². The molecule has 4 nitrogen and oxygen atoms in total. The Bertz CT molecular complexity index is 436. The lowest BCUT2D eigenvalue weighted by Crippen LogP contribution is -2.32. The molecule has 0 aliphatic carbocycles. The molecule has 0 aromatic heterocycles. The van der Waals surface area contributed by atoms with Crippen molar-refractivity contribution in [2.45, 2.75) is 24.8 Å². The molecule has 1 fully saturated rings. The predicted octanol–water partition coefficient (Wildman–Crippen LogP) is 1.55. The van der Waals surface area contributed by atoms with E-state index >= 15 is 0 Å². The molecule has 2 aliphatic rings. The summed E-state index contributed by atoms with van der Waals surface area (Å²) in [5.74, 6) is 2.08. The molecule has 2 aliphatic heterocycles. The number of likely N-dealkylation sites (N-methyl/N-ethyl adjacent to an activating group) is 1. The lowest BCUT2D eigenvalue weighted by atomic mass is 9.90. The highest BCUT2D eigenvalue weighted by Gasteiger charge is 2.26. The number of ether oxygens (including phenoxy) is 2. The van der Waals surface area contributed by atoms with Crippen LogP contribution in [0, 0.1) is 0 Å². The fourth-order valence-electron chi connectivity index (χ4n) is 2.86. The summed E-state index contributed by atoms with van der Waals surface area (Å²) in [5, 5.41) is 0. The molecule has 2 atom stereocenters. The molecule has 0 radical (unpaired) electrons. The molecular weight excluding hydrogens is 228 g/mol. The van der Waals surface area contributed by atoms with E-state index in [-0.39, 0.29) is 6.04 Å². The average Bonchev–Trinajstić information content (AvgIpc) is 2.76. The molecule has 1 aromatic rings. The Kier molecular flexibility index (Phi) is 3.14. The highest BCUT2D eigenvalue weighted by molar-refractivity contribution is 5.45. The van der Waals surface area contributed by atoms with Crippen LogP contribution in [0.15, 0.2) is 18.2 Å². The Morgan fingerprint density at radius 1 is 1.28 bits per heavy atom. The van der Waals surface area contributed by atoms with E-state index in [0.29, 0.717) is 12.7 Å². The van der Waals surface area contributed by atoms with Crippen molar-refractivity contribution in [1.29, 1.82) is 0 Å². The van der Waals surface area contributed by atoms with Gasteiger partial charge < -0.3 is 20.1 Å². The Morgan fingerprint density at radius 2 is 2.11 bits per heavy atom. The topological polar surface area (TPSA) is 47.7 Å². The fourth-order valence-corrected chi connectivity index (χ4v) is 2.86. The molecule has 18 heavy (non-hydrogen) atoms. The zero-order valence-corrected chi connectivity index (χ0v) is 10.8. The zero-order valence-electron chi connectivity index (χ0n) is 10.8. The van der Waals surface area contributed by atoms with E-state index in [1.807, 2.05) is 6.07 Å². The quantitative estimate of drug-likeness (QED) is 0.819. The molecule has 1 saturated heterocycles. The number of hydrogen-bond acceptors (Lipinski definition) is 4. The second-order valence-electron chi connectivity index (χ2n) is 5.29. The van der Waals surface area contributed by atoms with Gasteiger partial charge in [-0.2, -0.15) is 0 Å². The summed E-state index contributed by atoms with van der Waals surface area (Å²) in [7, 11) is 2.16. The van der Waals surface area contributed by atoms with Crippen LogP contribution in [-0.2, 0) is 0 Å². The molecule has 0 amide bonds. The van der Waals surface area contributed by atoms with Gasteiger partial charge in [-0.05, 0) is 44.1 Å². The van der Waals surface area contributed by atoms with Crippen LogP contribution in [0.2, 0.25) is 0 Å². The highest BCUT2D eigenvalue weighted by Crippen LogP contribution is 2.36. The molecule has 4 heteroatoms. The summed E-state index contributed by atoms with van der Waals surface area (Å²) in [6.07, 6.45) is 2.27. The molecule has 2 unspecified atom stereocenters. The maximum atomic E-state index is 6.32. The minimum absolute atomic E-state index is 0.232. The molecule has 1 aromatic carbocycles. The summed E-state index contributed by atoms with van der Waals surface area (Å²) < 4.78 is 10.8. The Balaban J connectivity index is 1.87. The summed E-state index contributed by atoms with van der Waals surface area (Å²) in [5.41, 5.74) is 7.58. The Morgan fingerprint density at radius 3 is 3.00 bits per heavy atom. The van der Waals surface area contributed by atoms with Gasteiger partial charge in [0.05, 0.1) is 0 Å². The third kappa shape index (κ3) is 2.18. The van der Waals surface area contributed by atoms with Crippen LogP contribution in [0.25, 0.3) is 0 Å². The van der Waals surface area contributed by atoms with Gasteiger partial charge in [-0.25, -0.2) is 0 Å². The van der Waals surface area contributed by atoms with E-state index in [2.05, 4.69) is 24.1 Å². The lowest BCUT2D eigenvalue weighted by Gasteiger charge is -2.24. The average molecular weight is 248 g/mol. The van der Waals surface area contributed by atoms with E-state index in [1.165, 1.54) is 12.0 Å². The van der Waals surface area contributed by atoms with Crippen molar-refractivity contribution in [3.63, 3.8) is 0 Å². The van der Waals surface area contributed by atoms with Crippen molar-refractivity contribution in [3.8, 4) is 11.5 Å². The van der Waals surface area contributed by atoms with Gasteiger partial charge in [0.1, 0.15) is 0 Å². The number of hydrogen-bond donors (Lipinski definition) is 1. The third-order valence-corrected chi connectivity index (χ3v) is 3.93. The monoisotopic (exact) mass is 248 g/mol. The largest absolute Gasteiger partial charge is 0.454 e. The Hall–Kier alpha value is -1.26. The highest BCUT2D eigenvalue weighted by atomic mass is 16.7. The number of fused-ring (bicyclic) bond motifs is 1. The van der Waals surface area contributed by atoms with Crippen molar-refractivity contribution >= 4 is 0 Å². The van der Waals surface area contributed by atoms with Crippen LogP contribution < -0.4 is 15.2 Å². The first-order valence-corrected chi connectivity index (χ1v) is 6.58. The van der Waals surface area contributed by atoms with Gasteiger partial charge in [-0.3, -0.25) is 0 Å². The first-order chi connectivity index (χ1) is 8.74. The molecule has 0 bridgehead atoms. The van der Waals surface area contributed by atoms with Crippen LogP contribution in [0.3, 0.4) is 0 Å². The van der Waals surface area contributed by atoms with E-state index in [1.54, 1.807) is 0 Å². The van der Waals surface area contributed by atoms with Crippen molar-refractivity contribution in [1.82, 2.24) is 4.90 Å². The van der Waals surface area contributed by atoms with E-state index in [0.717, 1.165) is 31.0 Å². The van der Waals surface area contributed by atoms with Crippen molar-refractivity contribution in [3.05, 3.63) is 23.8 Å². The van der Waals surface area contributed by atoms with Gasteiger partial charge in [-0.1, -0.05) is 6.07 Å². The number of rotatable bonds is 1. The van der Waals surface area contributed by atoms with E-state index in [9.17, 15) is 0 Å². The van der Waals surface area contributed by atoms with Crippen LogP contribution in [0.5, 0.6) is 11.5 Å². The van der Waals surface area contributed by atoms with Crippen LogP contribution >= 0.6 is 0 Å². The summed E-state index contributed by atoms with van der Waals surface area (Å²) >= 11 is 0. The van der Waals surface area contributed by atoms with Gasteiger partial charge in [-0.15, -0.1) is 0 Å². The first kappa shape index (κ1) is 11.8. The van der Waals surface area contributed by atoms with E-state index in [4.69, 9.17) is 15.2 Å². The van der Waals surface area contributed by atoms with Crippen LogP contribution in [0.1, 0.15) is 24.3 Å². The fraction of sp³-hybridized carbons (Fsp3) is 0.571. The van der Waals surface area contributed by atoms with Gasteiger partial charge in [0, 0.05) is 18.5 Å². The molecule has 98 valence electrons. The van der Waals surface area contributed by atoms with Gasteiger partial charge in [0.25, 0.3) is 0 Å². The number of nitrogens with zero attached hydrogens (tertiary/aromatic N) is 1. The molecule has 3 rings (SSSR count). The third-order valence-electron chi connectivity index (χ3n) is 3.93. The normalized spacial score (nSPS) is 28.1. The lowest BCUT2D eigenvalue weighted by molar-refractivity contribution is 0.174. The molecule has 2 heterocycles. The number of benzene rings is 1. The van der Waals surface area contributed by atoms with Crippen LogP contribution in [0.4, 0.5) is 0 Å².